The quantitative estimate of drug-likeness (QED) is 0.645. The molecule has 0 unspecified atom stereocenters. The Bertz CT molecular complexity index is 883. The predicted molar refractivity (Wildman–Crippen MR) is 91.7 cm³/mol. The number of pyridine rings is 1. The number of aromatic nitrogens is 2. The molecule has 0 saturated heterocycles. The largest absolute Gasteiger partial charge is 0.299 e. The molecule has 0 atom stereocenters. The molecule has 1 aliphatic carbocycles. The lowest BCUT2D eigenvalue weighted by Crippen LogP contribution is -1.95. The molecule has 1 aliphatic rings. The second-order valence-corrected chi connectivity index (χ2v) is 5.70. The van der Waals surface area contributed by atoms with Gasteiger partial charge in [-0.25, -0.2) is 4.98 Å². The van der Waals surface area contributed by atoms with E-state index in [1.54, 1.807) is 0 Å². The Balaban J connectivity index is 2.02. The van der Waals surface area contributed by atoms with Crippen LogP contribution < -0.4 is 0 Å². The molecule has 4 rings (SSSR count). The zero-order valence-electron chi connectivity index (χ0n) is 12.7. The van der Waals surface area contributed by atoms with Crippen LogP contribution in [0.3, 0.4) is 0 Å². The van der Waals surface area contributed by atoms with E-state index in [0.717, 1.165) is 24.4 Å². The van der Waals surface area contributed by atoms with Crippen LogP contribution in [0.25, 0.3) is 22.3 Å². The van der Waals surface area contributed by atoms with Crippen LogP contribution in [0.1, 0.15) is 24.2 Å². The van der Waals surface area contributed by atoms with Gasteiger partial charge in [0.1, 0.15) is 5.82 Å². The normalized spacial score (nSPS) is 14.3. The van der Waals surface area contributed by atoms with Crippen LogP contribution in [0, 0.1) is 6.92 Å². The molecule has 0 fully saturated rings. The average Bonchev–Trinajstić information content (AvgIpc) is 2.98. The zero-order chi connectivity index (χ0) is 14.9. The summed E-state index contributed by atoms with van der Waals surface area (Å²) in [6.07, 6.45) is 11.0. The second-order valence-electron chi connectivity index (χ2n) is 5.70. The summed E-state index contributed by atoms with van der Waals surface area (Å²) in [6.45, 7) is 2.15. The number of hydrogen-bond acceptors (Lipinski definition) is 1. The summed E-state index contributed by atoms with van der Waals surface area (Å²) < 4.78 is 2.22. The third-order valence-electron chi connectivity index (χ3n) is 4.17. The fourth-order valence-electron chi connectivity index (χ4n) is 3.09. The van der Waals surface area contributed by atoms with Crippen molar-refractivity contribution < 1.29 is 0 Å². The van der Waals surface area contributed by atoms with Crippen molar-refractivity contribution in [2.45, 2.75) is 19.8 Å². The molecule has 2 heterocycles. The summed E-state index contributed by atoms with van der Waals surface area (Å²) in [5.74, 6) is 1.04. The number of nitrogens with zero attached hydrogens (tertiary/aromatic N) is 2. The molecular formula is C20H18N2. The number of rotatable bonds is 2. The molecule has 22 heavy (non-hydrogen) atoms. The van der Waals surface area contributed by atoms with Gasteiger partial charge in [0.25, 0.3) is 0 Å². The van der Waals surface area contributed by atoms with Crippen LogP contribution in [-0.4, -0.2) is 9.38 Å². The number of fused-ring (bicyclic) bond motifs is 1. The van der Waals surface area contributed by atoms with Gasteiger partial charge in [-0.1, -0.05) is 54.6 Å². The summed E-state index contributed by atoms with van der Waals surface area (Å²) >= 11 is 0. The fraction of sp³-hybridized carbons (Fsp3) is 0.150. The Morgan fingerprint density at radius 2 is 1.86 bits per heavy atom. The maximum atomic E-state index is 4.99. The minimum atomic E-state index is 1.04. The van der Waals surface area contributed by atoms with Crippen molar-refractivity contribution >= 4 is 11.1 Å². The first-order valence-electron chi connectivity index (χ1n) is 7.75. The van der Waals surface area contributed by atoms with Gasteiger partial charge in [0, 0.05) is 17.3 Å². The van der Waals surface area contributed by atoms with Crippen LogP contribution in [0.5, 0.6) is 0 Å². The van der Waals surface area contributed by atoms with E-state index < -0.39 is 0 Å². The van der Waals surface area contributed by atoms with Crippen molar-refractivity contribution in [1.29, 1.82) is 0 Å². The highest BCUT2D eigenvalue weighted by atomic mass is 15.0. The molecule has 2 aromatic heterocycles. The van der Waals surface area contributed by atoms with E-state index in [-0.39, 0.29) is 0 Å². The first-order valence-corrected chi connectivity index (χ1v) is 7.75. The van der Waals surface area contributed by atoms with Crippen molar-refractivity contribution in [3.05, 3.63) is 78.3 Å². The first-order chi connectivity index (χ1) is 10.8. The van der Waals surface area contributed by atoms with Crippen molar-refractivity contribution in [1.82, 2.24) is 9.38 Å². The van der Waals surface area contributed by atoms with Crippen LogP contribution in [0.15, 0.2) is 66.9 Å². The third-order valence-corrected chi connectivity index (χ3v) is 4.17. The van der Waals surface area contributed by atoms with Gasteiger partial charge in [-0.2, -0.15) is 0 Å². The molecule has 0 amide bonds. The Morgan fingerprint density at radius 3 is 2.64 bits per heavy atom. The lowest BCUT2D eigenvalue weighted by atomic mass is 10.1. The van der Waals surface area contributed by atoms with Gasteiger partial charge in [0.15, 0.2) is 0 Å². The molecule has 0 aliphatic heterocycles. The minimum absolute atomic E-state index is 1.04. The number of aryl methyl sites for hydroxylation is 1. The smallest absolute Gasteiger partial charge is 0.144 e. The number of hydrogen-bond donors (Lipinski definition) is 0. The van der Waals surface area contributed by atoms with Gasteiger partial charge in [0.2, 0.25) is 0 Å². The lowest BCUT2D eigenvalue weighted by Gasteiger charge is -2.06. The molecular weight excluding hydrogens is 268 g/mol. The molecule has 0 N–H and O–H groups in total. The fourth-order valence-corrected chi connectivity index (χ4v) is 3.09. The van der Waals surface area contributed by atoms with E-state index in [1.165, 1.54) is 22.2 Å². The van der Waals surface area contributed by atoms with Gasteiger partial charge in [-0.3, -0.25) is 4.40 Å². The van der Waals surface area contributed by atoms with E-state index in [4.69, 9.17) is 4.98 Å². The Kier molecular flexibility index (Phi) is 3.15. The molecule has 0 saturated carbocycles. The van der Waals surface area contributed by atoms with Crippen LogP contribution in [0.4, 0.5) is 0 Å². The molecule has 2 nitrogen and oxygen atoms in total. The van der Waals surface area contributed by atoms with Crippen molar-refractivity contribution in [3.8, 4) is 11.3 Å². The lowest BCUT2D eigenvalue weighted by molar-refractivity contribution is 1.02. The van der Waals surface area contributed by atoms with E-state index >= 15 is 0 Å². The third kappa shape index (κ3) is 2.08. The van der Waals surface area contributed by atoms with Gasteiger partial charge >= 0.3 is 0 Å². The summed E-state index contributed by atoms with van der Waals surface area (Å²) in [5, 5.41) is 0. The van der Waals surface area contributed by atoms with E-state index in [2.05, 4.69) is 72.1 Å². The maximum absolute atomic E-state index is 4.99. The maximum Gasteiger partial charge on any atom is 0.144 e. The van der Waals surface area contributed by atoms with Crippen molar-refractivity contribution in [3.63, 3.8) is 0 Å². The Morgan fingerprint density at radius 1 is 1.00 bits per heavy atom. The monoisotopic (exact) mass is 286 g/mol. The molecule has 1 aromatic carbocycles. The van der Waals surface area contributed by atoms with Gasteiger partial charge in [0.05, 0.1) is 11.2 Å². The standard InChI is InChI=1S/C20H18N2/c1-15-9-8-14-22-19(15)18(16-10-4-2-5-11-16)21-20(22)17-12-6-3-7-13-17/h2,4-6,8-14H,3,7H2,1H3. The second kappa shape index (κ2) is 5.30. The number of allylic oxidation sites excluding steroid dienone is 4. The molecule has 3 aromatic rings. The molecule has 0 bridgehead atoms. The highest BCUT2D eigenvalue weighted by Crippen LogP contribution is 2.31. The van der Waals surface area contributed by atoms with Crippen LogP contribution in [0.2, 0.25) is 0 Å². The molecule has 0 spiro atoms. The Labute approximate surface area is 130 Å². The van der Waals surface area contributed by atoms with Gasteiger partial charge in [-0.15, -0.1) is 0 Å². The molecule has 2 heteroatoms. The highest BCUT2D eigenvalue weighted by Gasteiger charge is 2.16. The van der Waals surface area contributed by atoms with Gasteiger partial charge in [-0.05, 0) is 31.4 Å². The number of imidazole rings is 1. The average molecular weight is 286 g/mol. The van der Waals surface area contributed by atoms with Crippen molar-refractivity contribution in [2.24, 2.45) is 0 Å². The van der Waals surface area contributed by atoms with Crippen LogP contribution >= 0.6 is 0 Å². The SMILES string of the molecule is Cc1cccn2c(C3=CCCC=C3)nc(-c3ccccc3)c12. The number of benzene rings is 1. The zero-order valence-corrected chi connectivity index (χ0v) is 12.7. The van der Waals surface area contributed by atoms with E-state index in [9.17, 15) is 0 Å². The van der Waals surface area contributed by atoms with Crippen molar-refractivity contribution in [2.75, 3.05) is 0 Å². The van der Waals surface area contributed by atoms with E-state index in [0.29, 0.717) is 0 Å². The predicted octanol–water partition coefficient (Wildman–Crippen LogP) is 5.04. The summed E-state index contributed by atoms with van der Waals surface area (Å²) in [6, 6.07) is 14.7. The molecule has 0 radical (unpaired) electrons. The first kappa shape index (κ1) is 13.1. The summed E-state index contributed by atoms with van der Waals surface area (Å²) in [5.41, 5.74) is 5.90. The highest BCUT2D eigenvalue weighted by molar-refractivity contribution is 5.84. The molecule has 108 valence electrons. The van der Waals surface area contributed by atoms with Gasteiger partial charge < -0.3 is 0 Å². The van der Waals surface area contributed by atoms with Crippen LogP contribution in [-0.2, 0) is 0 Å². The topological polar surface area (TPSA) is 17.3 Å². The Hall–Kier alpha value is -2.61. The summed E-state index contributed by atoms with van der Waals surface area (Å²) in [7, 11) is 0. The summed E-state index contributed by atoms with van der Waals surface area (Å²) in [4.78, 5) is 4.99. The minimum Gasteiger partial charge on any atom is -0.299 e. The van der Waals surface area contributed by atoms with E-state index in [1.807, 2.05) is 6.07 Å².